The number of rotatable bonds is 3. The lowest BCUT2D eigenvalue weighted by Crippen LogP contribution is -2.43. The van der Waals surface area contributed by atoms with Gasteiger partial charge in [-0.05, 0) is 48.5 Å². The van der Waals surface area contributed by atoms with Crippen molar-refractivity contribution in [3.05, 3.63) is 65.0 Å². The number of pyridine rings is 1. The number of nitrogens with zero attached hydrogens (tertiary/aromatic N) is 2. The van der Waals surface area contributed by atoms with E-state index in [9.17, 15) is 4.79 Å². The Balaban J connectivity index is 1.39. The molecule has 0 unspecified atom stereocenters. The number of furan rings is 1. The smallest absolute Gasteiger partial charge is 0.256 e. The van der Waals surface area contributed by atoms with Gasteiger partial charge in [-0.2, -0.15) is 0 Å². The van der Waals surface area contributed by atoms with E-state index in [4.69, 9.17) is 16.0 Å². The zero-order valence-corrected chi connectivity index (χ0v) is 16.4. The summed E-state index contributed by atoms with van der Waals surface area (Å²) in [5.41, 5.74) is 2.97. The first-order valence-electron chi connectivity index (χ1n) is 9.52. The second-order valence-corrected chi connectivity index (χ2v) is 7.48. The summed E-state index contributed by atoms with van der Waals surface area (Å²) < 4.78 is 5.96. The Hall–Kier alpha value is -3.09. The SMILES string of the molecule is O=C1Nc2ccc(Cl)cc2C1=Cc1ccc(-c2ccc(N3CCNCC3)nc2)o1. The molecule has 2 aliphatic rings. The molecule has 29 heavy (non-hydrogen) atoms. The third-order valence-electron chi connectivity index (χ3n) is 5.15. The molecule has 1 aromatic carbocycles. The molecule has 0 bridgehead atoms. The molecule has 0 radical (unpaired) electrons. The second-order valence-electron chi connectivity index (χ2n) is 7.05. The van der Waals surface area contributed by atoms with E-state index in [0.29, 0.717) is 22.1 Å². The number of piperazine rings is 1. The van der Waals surface area contributed by atoms with Crippen molar-refractivity contribution in [1.29, 1.82) is 0 Å². The molecule has 146 valence electrons. The zero-order chi connectivity index (χ0) is 19.8. The van der Waals surface area contributed by atoms with Gasteiger partial charge in [0.05, 0.1) is 5.57 Å². The van der Waals surface area contributed by atoms with Crippen LogP contribution in [0.15, 0.2) is 53.1 Å². The van der Waals surface area contributed by atoms with Crippen molar-refractivity contribution in [2.45, 2.75) is 0 Å². The highest BCUT2D eigenvalue weighted by Crippen LogP contribution is 2.35. The number of hydrogen-bond acceptors (Lipinski definition) is 5. The maximum absolute atomic E-state index is 12.3. The van der Waals surface area contributed by atoms with Gasteiger partial charge in [-0.15, -0.1) is 0 Å². The summed E-state index contributed by atoms with van der Waals surface area (Å²) in [7, 11) is 0. The van der Waals surface area contributed by atoms with Gasteiger partial charge in [0.1, 0.15) is 17.3 Å². The van der Waals surface area contributed by atoms with Gasteiger partial charge in [-0.25, -0.2) is 4.98 Å². The Bertz CT molecular complexity index is 1100. The van der Waals surface area contributed by atoms with Crippen molar-refractivity contribution < 1.29 is 9.21 Å². The molecular formula is C22H19ClN4O2. The van der Waals surface area contributed by atoms with Crippen molar-refractivity contribution in [2.24, 2.45) is 0 Å². The van der Waals surface area contributed by atoms with Crippen LogP contribution in [-0.2, 0) is 4.79 Å². The largest absolute Gasteiger partial charge is 0.457 e. The van der Waals surface area contributed by atoms with Gasteiger partial charge in [0.15, 0.2) is 0 Å². The van der Waals surface area contributed by atoms with Gasteiger partial charge in [0.2, 0.25) is 0 Å². The number of hydrogen-bond donors (Lipinski definition) is 2. The van der Waals surface area contributed by atoms with Crippen LogP contribution in [0.4, 0.5) is 11.5 Å². The Morgan fingerprint density at radius 1 is 1.10 bits per heavy atom. The highest BCUT2D eigenvalue weighted by Gasteiger charge is 2.24. The Morgan fingerprint density at radius 3 is 2.76 bits per heavy atom. The minimum Gasteiger partial charge on any atom is -0.457 e. The van der Waals surface area contributed by atoms with Crippen LogP contribution in [0.2, 0.25) is 5.02 Å². The molecule has 6 nitrogen and oxygen atoms in total. The first-order chi connectivity index (χ1) is 14.2. The monoisotopic (exact) mass is 406 g/mol. The van der Waals surface area contributed by atoms with E-state index >= 15 is 0 Å². The number of amides is 1. The van der Waals surface area contributed by atoms with E-state index in [1.54, 1.807) is 24.3 Å². The van der Waals surface area contributed by atoms with Crippen molar-refractivity contribution in [3.8, 4) is 11.3 Å². The van der Waals surface area contributed by atoms with E-state index in [2.05, 4.69) is 20.5 Å². The summed E-state index contributed by atoms with van der Waals surface area (Å²) in [5.74, 6) is 2.12. The van der Waals surface area contributed by atoms with Gasteiger partial charge >= 0.3 is 0 Å². The number of fused-ring (bicyclic) bond motifs is 1. The molecule has 0 atom stereocenters. The standard InChI is InChI=1S/C22H19ClN4O2/c23-15-2-4-19-17(11-15)18(22(28)26-19)12-16-3-5-20(29-16)14-1-6-21(25-13-14)27-9-7-24-8-10-27/h1-6,11-13,24H,7-10H2,(H,26,28). The van der Waals surface area contributed by atoms with E-state index < -0.39 is 0 Å². The quantitative estimate of drug-likeness (QED) is 0.645. The molecule has 5 rings (SSSR count). The number of aromatic nitrogens is 1. The predicted molar refractivity (Wildman–Crippen MR) is 115 cm³/mol. The average Bonchev–Trinajstić information content (AvgIpc) is 3.34. The molecule has 4 heterocycles. The van der Waals surface area contributed by atoms with E-state index in [1.165, 1.54) is 0 Å². The molecule has 1 amide bonds. The summed E-state index contributed by atoms with van der Waals surface area (Å²) in [4.78, 5) is 19.2. The number of anilines is 2. The Morgan fingerprint density at radius 2 is 1.97 bits per heavy atom. The summed E-state index contributed by atoms with van der Waals surface area (Å²) in [6.45, 7) is 3.86. The number of carbonyl (C=O) groups excluding carboxylic acids is 1. The second kappa shape index (κ2) is 7.39. The summed E-state index contributed by atoms with van der Waals surface area (Å²) in [5, 5.41) is 6.77. The van der Waals surface area contributed by atoms with Crippen LogP contribution in [0.5, 0.6) is 0 Å². The van der Waals surface area contributed by atoms with Crippen LogP contribution in [-0.4, -0.2) is 37.1 Å². The van der Waals surface area contributed by atoms with Crippen LogP contribution in [0, 0.1) is 0 Å². The normalized spacial score (nSPS) is 17.5. The molecule has 0 saturated carbocycles. The van der Waals surface area contributed by atoms with Gasteiger partial charge in [-0.1, -0.05) is 11.6 Å². The van der Waals surface area contributed by atoms with Gasteiger partial charge in [0.25, 0.3) is 5.91 Å². The number of halogens is 1. The Labute approximate surface area is 173 Å². The zero-order valence-electron chi connectivity index (χ0n) is 15.6. The van der Waals surface area contributed by atoms with Crippen LogP contribution in [0.3, 0.4) is 0 Å². The average molecular weight is 407 g/mol. The first kappa shape index (κ1) is 18.0. The van der Waals surface area contributed by atoms with E-state index in [0.717, 1.165) is 48.8 Å². The van der Waals surface area contributed by atoms with Crippen molar-refractivity contribution in [1.82, 2.24) is 10.3 Å². The van der Waals surface area contributed by atoms with Gasteiger partial charge in [0, 0.05) is 54.2 Å². The molecule has 0 aliphatic carbocycles. The lowest BCUT2D eigenvalue weighted by Gasteiger charge is -2.28. The van der Waals surface area contributed by atoms with Crippen LogP contribution >= 0.6 is 11.6 Å². The highest BCUT2D eigenvalue weighted by atomic mass is 35.5. The lowest BCUT2D eigenvalue weighted by atomic mass is 10.1. The van der Waals surface area contributed by atoms with E-state index in [-0.39, 0.29) is 5.91 Å². The number of carbonyl (C=O) groups is 1. The molecule has 7 heteroatoms. The minimum atomic E-state index is -0.165. The summed E-state index contributed by atoms with van der Waals surface area (Å²) in [6.07, 6.45) is 3.56. The van der Waals surface area contributed by atoms with Crippen LogP contribution in [0.25, 0.3) is 23.0 Å². The molecule has 2 aliphatic heterocycles. The van der Waals surface area contributed by atoms with E-state index in [1.807, 2.05) is 30.5 Å². The molecule has 1 saturated heterocycles. The number of nitrogens with one attached hydrogen (secondary N) is 2. The molecule has 0 spiro atoms. The summed E-state index contributed by atoms with van der Waals surface area (Å²) in [6, 6.07) is 13.1. The third-order valence-corrected chi connectivity index (χ3v) is 5.39. The molecule has 1 fully saturated rings. The molecule has 3 aromatic rings. The maximum atomic E-state index is 12.3. The predicted octanol–water partition coefficient (Wildman–Crippen LogP) is 3.90. The highest BCUT2D eigenvalue weighted by molar-refractivity contribution is 6.36. The molecule has 2 N–H and O–H groups in total. The fourth-order valence-electron chi connectivity index (χ4n) is 3.64. The topological polar surface area (TPSA) is 70.4 Å². The van der Waals surface area contributed by atoms with Gasteiger partial charge < -0.3 is 20.0 Å². The van der Waals surface area contributed by atoms with Crippen molar-refractivity contribution >= 4 is 40.7 Å². The molecular weight excluding hydrogens is 388 g/mol. The summed E-state index contributed by atoms with van der Waals surface area (Å²) >= 11 is 6.09. The molecule has 2 aromatic heterocycles. The fraction of sp³-hybridized carbons (Fsp3) is 0.182. The van der Waals surface area contributed by atoms with Gasteiger partial charge in [-0.3, -0.25) is 4.79 Å². The van der Waals surface area contributed by atoms with Crippen molar-refractivity contribution in [3.63, 3.8) is 0 Å². The fourth-order valence-corrected chi connectivity index (χ4v) is 3.82. The first-order valence-corrected chi connectivity index (χ1v) is 9.90. The van der Waals surface area contributed by atoms with Crippen molar-refractivity contribution in [2.75, 3.05) is 36.4 Å². The number of benzene rings is 1. The third kappa shape index (κ3) is 3.52. The Kier molecular flexibility index (Phi) is 4.58. The van der Waals surface area contributed by atoms with Crippen LogP contribution < -0.4 is 15.5 Å². The maximum Gasteiger partial charge on any atom is 0.256 e. The minimum absolute atomic E-state index is 0.165. The lowest BCUT2D eigenvalue weighted by molar-refractivity contribution is -0.110. The van der Waals surface area contributed by atoms with Crippen LogP contribution in [0.1, 0.15) is 11.3 Å².